The number of carbonyl (C=O) groups is 1. The SMILES string of the molecule is CC1=C(CC(=O)O)c2cc(F)ccc2/C1=C\c1ccc(S(C)=O)cc1.I. The summed E-state index contributed by atoms with van der Waals surface area (Å²) in [5.41, 5.74) is 4.74. The van der Waals surface area contributed by atoms with Crippen LogP contribution in [-0.4, -0.2) is 21.5 Å². The molecule has 0 amide bonds. The van der Waals surface area contributed by atoms with Gasteiger partial charge in [0.2, 0.25) is 0 Å². The number of carboxylic acids is 1. The number of fused-ring (bicyclic) bond motifs is 1. The molecule has 0 saturated heterocycles. The van der Waals surface area contributed by atoms with Crippen molar-refractivity contribution in [3.05, 3.63) is 70.5 Å². The highest BCUT2D eigenvalue weighted by Crippen LogP contribution is 2.43. The summed E-state index contributed by atoms with van der Waals surface area (Å²) in [6.45, 7) is 1.86. The summed E-state index contributed by atoms with van der Waals surface area (Å²) in [5, 5.41) is 9.17. The van der Waals surface area contributed by atoms with Gasteiger partial charge >= 0.3 is 5.97 Å². The van der Waals surface area contributed by atoms with Gasteiger partial charge in [0.1, 0.15) is 5.82 Å². The molecule has 1 N–H and O–H groups in total. The molecule has 0 aliphatic heterocycles. The Hall–Kier alpha value is -1.80. The molecule has 1 aliphatic carbocycles. The molecule has 136 valence electrons. The summed E-state index contributed by atoms with van der Waals surface area (Å²) >= 11 is 0. The molecule has 0 fully saturated rings. The number of benzene rings is 2. The van der Waals surface area contributed by atoms with E-state index in [9.17, 15) is 13.4 Å². The van der Waals surface area contributed by atoms with Gasteiger partial charge < -0.3 is 5.11 Å². The van der Waals surface area contributed by atoms with Crippen molar-refractivity contribution in [1.82, 2.24) is 0 Å². The largest absolute Gasteiger partial charge is 0.481 e. The van der Waals surface area contributed by atoms with E-state index in [4.69, 9.17) is 5.11 Å². The van der Waals surface area contributed by atoms with Crippen LogP contribution in [0.2, 0.25) is 0 Å². The van der Waals surface area contributed by atoms with E-state index in [1.54, 1.807) is 24.5 Å². The lowest BCUT2D eigenvalue weighted by Crippen LogP contribution is -1.97. The number of rotatable bonds is 4. The van der Waals surface area contributed by atoms with E-state index < -0.39 is 16.8 Å². The molecule has 1 unspecified atom stereocenters. The normalized spacial score (nSPS) is 15.6. The zero-order valence-corrected chi connectivity index (χ0v) is 17.4. The van der Waals surface area contributed by atoms with Crippen molar-refractivity contribution < 1.29 is 18.5 Å². The van der Waals surface area contributed by atoms with Crippen LogP contribution in [0, 0.1) is 5.82 Å². The fourth-order valence-corrected chi connectivity index (χ4v) is 3.57. The first kappa shape index (κ1) is 20.5. The highest BCUT2D eigenvalue weighted by atomic mass is 127. The fraction of sp³-hybridized carbons (Fsp3) is 0.150. The highest BCUT2D eigenvalue weighted by Gasteiger charge is 2.25. The Bertz CT molecular complexity index is 946. The van der Waals surface area contributed by atoms with Gasteiger partial charge in [0.05, 0.1) is 6.42 Å². The quantitative estimate of drug-likeness (QED) is 0.623. The van der Waals surface area contributed by atoms with Gasteiger partial charge in [-0.15, -0.1) is 24.0 Å². The first-order valence-corrected chi connectivity index (χ1v) is 9.30. The van der Waals surface area contributed by atoms with Crippen LogP contribution < -0.4 is 0 Å². The average Bonchev–Trinajstić information content (AvgIpc) is 2.80. The van der Waals surface area contributed by atoms with E-state index in [1.165, 1.54) is 12.1 Å². The summed E-state index contributed by atoms with van der Waals surface area (Å²) in [6, 6.07) is 11.8. The van der Waals surface area contributed by atoms with E-state index in [0.29, 0.717) is 11.1 Å². The van der Waals surface area contributed by atoms with Crippen LogP contribution in [0.15, 0.2) is 52.9 Å². The van der Waals surface area contributed by atoms with E-state index in [2.05, 4.69) is 0 Å². The minimum absolute atomic E-state index is 0. The first-order valence-electron chi connectivity index (χ1n) is 7.74. The number of hydrogen-bond donors (Lipinski definition) is 1. The molecular formula is C20H18FIO3S. The zero-order valence-electron chi connectivity index (χ0n) is 14.3. The molecule has 2 aromatic rings. The van der Waals surface area contributed by atoms with E-state index in [0.717, 1.165) is 27.2 Å². The van der Waals surface area contributed by atoms with Crippen molar-refractivity contribution in [2.24, 2.45) is 0 Å². The van der Waals surface area contributed by atoms with E-state index in [-0.39, 0.29) is 36.2 Å². The van der Waals surface area contributed by atoms with Crippen molar-refractivity contribution in [1.29, 1.82) is 0 Å². The smallest absolute Gasteiger partial charge is 0.307 e. The van der Waals surface area contributed by atoms with Crippen LogP contribution in [-0.2, 0) is 15.6 Å². The minimum Gasteiger partial charge on any atom is -0.481 e. The molecule has 0 bridgehead atoms. The van der Waals surface area contributed by atoms with Crippen molar-refractivity contribution in [3.63, 3.8) is 0 Å². The maximum Gasteiger partial charge on any atom is 0.307 e. The van der Waals surface area contributed by atoms with Crippen LogP contribution in [0.5, 0.6) is 0 Å². The van der Waals surface area contributed by atoms with Crippen LogP contribution in [0.25, 0.3) is 17.2 Å². The second-order valence-electron chi connectivity index (χ2n) is 5.95. The Morgan fingerprint density at radius 3 is 2.38 bits per heavy atom. The Morgan fingerprint density at radius 2 is 1.81 bits per heavy atom. The van der Waals surface area contributed by atoms with Crippen molar-refractivity contribution >= 4 is 58.0 Å². The van der Waals surface area contributed by atoms with Gasteiger partial charge in [0.25, 0.3) is 0 Å². The third-order valence-electron chi connectivity index (χ3n) is 4.30. The predicted molar refractivity (Wildman–Crippen MR) is 113 cm³/mol. The number of aliphatic carboxylic acids is 1. The number of carboxylic acid groups (broad SMARTS) is 1. The predicted octanol–water partition coefficient (Wildman–Crippen LogP) is 4.98. The Morgan fingerprint density at radius 1 is 1.15 bits per heavy atom. The van der Waals surface area contributed by atoms with Gasteiger partial charge in [-0.25, -0.2) is 4.39 Å². The molecule has 1 atom stereocenters. The molecule has 0 heterocycles. The number of hydrogen-bond acceptors (Lipinski definition) is 2. The molecule has 1 aliphatic rings. The van der Waals surface area contributed by atoms with Crippen LogP contribution in [0.1, 0.15) is 30.0 Å². The summed E-state index contributed by atoms with van der Waals surface area (Å²) in [5.74, 6) is -1.33. The first-order chi connectivity index (χ1) is 11.9. The number of allylic oxidation sites excluding steroid dienone is 2. The monoisotopic (exact) mass is 484 g/mol. The highest BCUT2D eigenvalue weighted by molar-refractivity contribution is 14.0. The van der Waals surface area contributed by atoms with Gasteiger partial charge in [-0.1, -0.05) is 18.2 Å². The Labute approximate surface area is 171 Å². The van der Waals surface area contributed by atoms with E-state index in [1.807, 2.05) is 25.1 Å². The standard InChI is InChI=1S/C20H17FO3S.HI/c1-12-17(9-13-3-6-15(7-4-13)25(2)24)16-8-5-14(21)10-19(16)18(12)11-20(22)23;/h3-10H,11H2,1-2H3,(H,22,23);1H/b17-9-;. The molecule has 3 nitrogen and oxygen atoms in total. The summed E-state index contributed by atoms with van der Waals surface area (Å²) < 4.78 is 25.1. The van der Waals surface area contributed by atoms with Crippen molar-refractivity contribution in [2.45, 2.75) is 18.2 Å². The lowest BCUT2D eigenvalue weighted by Gasteiger charge is -2.05. The van der Waals surface area contributed by atoms with Crippen LogP contribution in [0.3, 0.4) is 0 Å². The lowest BCUT2D eigenvalue weighted by atomic mass is 10.0. The molecule has 3 rings (SSSR count). The summed E-state index contributed by atoms with van der Waals surface area (Å²) in [4.78, 5) is 11.9. The average molecular weight is 484 g/mol. The Balaban J connectivity index is 0.00000243. The van der Waals surface area contributed by atoms with Gasteiger partial charge in [0.15, 0.2) is 0 Å². The van der Waals surface area contributed by atoms with Gasteiger partial charge in [-0.05, 0) is 70.7 Å². The molecule has 0 aromatic heterocycles. The summed E-state index contributed by atoms with van der Waals surface area (Å²) in [6.07, 6.45) is 3.43. The second-order valence-corrected chi connectivity index (χ2v) is 7.32. The molecule has 2 aromatic carbocycles. The maximum absolute atomic E-state index is 13.7. The van der Waals surface area contributed by atoms with Gasteiger partial charge in [-0.3, -0.25) is 9.00 Å². The summed E-state index contributed by atoms with van der Waals surface area (Å²) in [7, 11) is -1.04. The third-order valence-corrected chi connectivity index (χ3v) is 5.24. The molecule has 0 saturated carbocycles. The van der Waals surface area contributed by atoms with Crippen molar-refractivity contribution in [3.8, 4) is 0 Å². The van der Waals surface area contributed by atoms with Gasteiger partial charge in [-0.2, -0.15) is 0 Å². The molecule has 0 spiro atoms. The lowest BCUT2D eigenvalue weighted by molar-refractivity contribution is -0.135. The topological polar surface area (TPSA) is 54.4 Å². The maximum atomic E-state index is 13.7. The molecular weight excluding hydrogens is 466 g/mol. The fourth-order valence-electron chi connectivity index (χ4n) is 3.05. The zero-order chi connectivity index (χ0) is 18.1. The second kappa shape index (κ2) is 8.26. The van der Waals surface area contributed by atoms with E-state index >= 15 is 0 Å². The Kier molecular flexibility index (Phi) is 6.52. The molecule has 6 heteroatoms. The van der Waals surface area contributed by atoms with Crippen LogP contribution >= 0.6 is 24.0 Å². The third kappa shape index (κ3) is 4.12. The number of halogens is 2. The van der Waals surface area contributed by atoms with Crippen molar-refractivity contribution in [2.75, 3.05) is 6.26 Å². The molecule has 0 radical (unpaired) electrons. The molecule has 26 heavy (non-hydrogen) atoms. The minimum atomic E-state index is -1.04. The van der Waals surface area contributed by atoms with Gasteiger partial charge in [0, 0.05) is 22.0 Å². The van der Waals surface area contributed by atoms with Crippen LogP contribution in [0.4, 0.5) is 4.39 Å².